The molecule has 5 nitrogen and oxygen atoms in total. The summed E-state index contributed by atoms with van der Waals surface area (Å²) >= 11 is 0. The number of fused-ring (bicyclic) bond motifs is 1. The van der Waals surface area contributed by atoms with E-state index in [1.54, 1.807) is 0 Å². The number of anilines is 1. The number of hydrogen-bond donors (Lipinski definition) is 1. The van der Waals surface area contributed by atoms with Crippen molar-refractivity contribution in [1.82, 2.24) is 10.1 Å². The van der Waals surface area contributed by atoms with Gasteiger partial charge in [-0.1, -0.05) is 23.4 Å². The van der Waals surface area contributed by atoms with Crippen LogP contribution in [-0.2, 0) is 11.2 Å². The Balaban J connectivity index is 1.70. The van der Waals surface area contributed by atoms with Crippen molar-refractivity contribution in [1.29, 1.82) is 0 Å². The lowest BCUT2D eigenvalue weighted by atomic mass is 9.98. The smallest absolute Gasteiger partial charge is 0.227 e. The van der Waals surface area contributed by atoms with Gasteiger partial charge >= 0.3 is 0 Å². The zero-order valence-electron chi connectivity index (χ0n) is 11.8. The molecule has 1 aliphatic rings. The van der Waals surface area contributed by atoms with Gasteiger partial charge in [0.05, 0.1) is 0 Å². The predicted octanol–water partition coefficient (Wildman–Crippen LogP) is 2.92. The molecule has 1 N–H and O–H groups in total. The van der Waals surface area contributed by atoms with Crippen LogP contribution in [0.4, 0.5) is 5.69 Å². The van der Waals surface area contributed by atoms with E-state index in [2.05, 4.69) is 33.7 Å². The number of nitrogens with one attached hydrogen (secondary N) is 1. The number of nitrogens with zero attached hydrogens (tertiary/aromatic N) is 2. The molecule has 2 aromatic rings. The van der Waals surface area contributed by atoms with Crippen LogP contribution in [0.25, 0.3) is 0 Å². The molecular weight excluding hydrogens is 254 g/mol. The van der Waals surface area contributed by atoms with Gasteiger partial charge < -0.3 is 14.6 Å². The van der Waals surface area contributed by atoms with E-state index >= 15 is 0 Å². The van der Waals surface area contributed by atoms with Crippen molar-refractivity contribution in [2.45, 2.75) is 32.3 Å². The van der Waals surface area contributed by atoms with Gasteiger partial charge in [0, 0.05) is 31.2 Å². The average molecular weight is 273 g/mol. The largest absolute Gasteiger partial charge is 0.384 e. The van der Waals surface area contributed by atoms with Crippen LogP contribution >= 0.6 is 0 Å². The molecule has 0 spiro atoms. The van der Waals surface area contributed by atoms with Crippen LogP contribution in [0.2, 0.25) is 0 Å². The van der Waals surface area contributed by atoms with E-state index in [4.69, 9.17) is 9.26 Å². The first-order chi connectivity index (χ1) is 9.78. The van der Waals surface area contributed by atoms with Gasteiger partial charge in [-0.25, -0.2) is 0 Å². The molecule has 2 atom stereocenters. The molecule has 1 aromatic heterocycles. The molecule has 0 aliphatic carbocycles. The predicted molar refractivity (Wildman–Crippen MR) is 75.7 cm³/mol. The first kappa shape index (κ1) is 13.1. The number of aromatic nitrogens is 2. The van der Waals surface area contributed by atoms with E-state index < -0.39 is 0 Å². The maximum Gasteiger partial charge on any atom is 0.227 e. The minimum Gasteiger partial charge on any atom is -0.384 e. The highest BCUT2D eigenvalue weighted by Crippen LogP contribution is 2.33. The zero-order valence-corrected chi connectivity index (χ0v) is 11.8. The zero-order chi connectivity index (χ0) is 13.9. The monoisotopic (exact) mass is 273 g/mol. The van der Waals surface area contributed by atoms with Crippen LogP contribution in [0.1, 0.15) is 43.1 Å². The molecule has 3 rings (SSSR count). The summed E-state index contributed by atoms with van der Waals surface area (Å²) in [7, 11) is 0. The third kappa shape index (κ3) is 2.54. The summed E-state index contributed by atoms with van der Waals surface area (Å²) in [5, 5.41) is 7.41. The molecule has 0 saturated heterocycles. The molecule has 2 heterocycles. The fraction of sp³-hybridized carbons (Fsp3) is 0.467. The highest BCUT2D eigenvalue weighted by atomic mass is 16.5. The molecule has 0 amide bonds. The molecule has 0 saturated carbocycles. The highest BCUT2D eigenvalue weighted by Gasteiger charge is 2.24. The standard InChI is InChI=1S/C15H19N3O2/c1-3-19-10(2)15-17-14(20-18-15)8-11-9-16-13-7-5-4-6-12(11)13/h4-7,10-11,16H,3,8-9H2,1-2H3. The number of ether oxygens (including phenoxy) is 1. The van der Waals surface area contributed by atoms with Crippen LogP contribution in [0.5, 0.6) is 0 Å². The molecule has 5 heteroatoms. The Bertz CT molecular complexity index is 582. The summed E-state index contributed by atoms with van der Waals surface area (Å²) in [4.78, 5) is 4.43. The van der Waals surface area contributed by atoms with Crippen molar-refractivity contribution in [2.24, 2.45) is 0 Å². The summed E-state index contributed by atoms with van der Waals surface area (Å²) in [6, 6.07) is 8.36. The van der Waals surface area contributed by atoms with Crippen molar-refractivity contribution < 1.29 is 9.26 Å². The first-order valence-corrected chi connectivity index (χ1v) is 7.04. The van der Waals surface area contributed by atoms with Crippen molar-refractivity contribution in [3.8, 4) is 0 Å². The first-order valence-electron chi connectivity index (χ1n) is 7.04. The average Bonchev–Trinajstić information content (AvgIpc) is 3.08. The molecule has 106 valence electrons. The Morgan fingerprint density at radius 2 is 2.30 bits per heavy atom. The molecule has 0 radical (unpaired) electrons. The second-order valence-electron chi connectivity index (χ2n) is 5.01. The van der Waals surface area contributed by atoms with Crippen LogP contribution in [0, 0.1) is 0 Å². The summed E-state index contributed by atoms with van der Waals surface area (Å²) < 4.78 is 10.8. The molecule has 0 fully saturated rings. The maximum absolute atomic E-state index is 5.47. The minimum atomic E-state index is -0.119. The normalized spacial score (nSPS) is 18.6. The van der Waals surface area contributed by atoms with Gasteiger partial charge in [0.1, 0.15) is 6.10 Å². The van der Waals surface area contributed by atoms with E-state index in [9.17, 15) is 0 Å². The summed E-state index contributed by atoms with van der Waals surface area (Å²) in [6.07, 6.45) is 0.641. The number of rotatable bonds is 5. The summed E-state index contributed by atoms with van der Waals surface area (Å²) in [6.45, 7) is 5.45. The van der Waals surface area contributed by atoms with Gasteiger partial charge in [-0.3, -0.25) is 0 Å². The Hall–Kier alpha value is -1.88. The van der Waals surface area contributed by atoms with Crippen LogP contribution in [0.3, 0.4) is 0 Å². The summed E-state index contributed by atoms with van der Waals surface area (Å²) in [5.41, 5.74) is 2.53. The van der Waals surface area contributed by atoms with Crippen molar-refractivity contribution >= 4 is 5.69 Å². The number of benzene rings is 1. The lowest BCUT2D eigenvalue weighted by Gasteiger charge is -2.06. The Labute approximate surface area is 118 Å². The Morgan fingerprint density at radius 1 is 1.45 bits per heavy atom. The lowest BCUT2D eigenvalue weighted by Crippen LogP contribution is -2.06. The maximum atomic E-state index is 5.47. The third-order valence-electron chi connectivity index (χ3n) is 3.62. The van der Waals surface area contributed by atoms with Gasteiger partial charge in [-0.05, 0) is 25.5 Å². The SMILES string of the molecule is CCOC(C)c1noc(CC2CNc3ccccc32)n1. The van der Waals surface area contributed by atoms with E-state index in [-0.39, 0.29) is 6.10 Å². The van der Waals surface area contributed by atoms with E-state index in [0.29, 0.717) is 24.2 Å². The second-order valence-corrected chi connectivity index (χ2v) is 5.01. The van der Waals surface area contributed by atoms with Gasteiger partial charge in [0.15, 0.2) is 5.82 Å². The van der Waals surface area contributed by atoms with E-state index in [1.807, 2.05) is 19.9 Å². The van der Waals surface area contributed by atoms with Crippen LogP contribution < -0.4 is 5.32 Å². The Kier molecular flexibility index (Phi) is 3.69. The lowest BCUT2D eigenvalue weighted by molar-refractivity contribution is 0.0683. The van der Waals surface area contributed by atoms with Gasteiger partial charge in [0.25, 0.3) is 0 Å². The van der Waals surface area contributed by atoms with Gasteiger partial charge in [-0.15, -0.1) is 0 Å². The number of hydrogen-bond acceptors (Lipinski definition) is 5. The fourth-order valence-electron chi connectivity index (χ4n) is 2.59. The Morgan fingerprint density at radius 3 is 3.15 bits per heavy atom. The van der Waals surface area contributed by atoms with E-state index in [0.717, 1.165) is 13.0 Å². The van der Waals surface area contributed by atoms with Gasteiger partial charge in [0.2, 0.25) is 5.89 Å². The van der Waals surface area contributed by atoms with E-state index in [1.165, 1.54) is 11.3 Å². The molecule has 1 aliphatic heterocycles. The molecule has 20 heavy (non-hydrogen) atoms. The third-order valence-corrected chi connectivity index (χ3v) is 3.62. The van der Waals surface area contributed by atoms with Crippen LogP contribution in [-0.4, -0.2) is 23.3 Å². The number of para-hydroxylation sites is 1. The molecule has 1 aromatic carbocycles. The van der Waals surface area contributed by atoms with Crippen LogP contribution in [0.15, 0.2) is 28.8 Å². The molecular formula is C15H19N3O2. The second kappa shape index (κ2) is 5.63. The highest BCUT2D eigenvalue weighted by molar-refractivity contribution is 5.57. The topological polar surface area (TPSA) is 60.2 Å². The fourth-order valence-corrected chi connectivity index (χ4v) is 2.59. The quantitative estimate of drug-likeness (QED) is 0.907. The van der Waals surface area contributed by atoms with Gasteiger partial charge in [-0.2, -0.15) is 4.98 Å². The minimum absolute atomic E-state index is 0.119. The van der Waals surface area contributed by atoms with Crippen molar-refractivity contribution in [3.05, 3.63) is 41.5 Å². The molecule has 0 bridgehead atoms. The van der Waals surface area contributed by atoms with Crippen molar-refractivity contribution in [3.63, 3.8) is 0 Å². The molecule has 2 unspecified atom stereocenters. The summed E-state index contributed by atoms with van der Waals surface area (Å²) in [5.74, 6) is 1.69. The van der Waals surface area contributed by atoms with Crippen molar-refractivity contribution in [2.75, 3.05) is 18.5 Å².